The molecule has 1 aliphatic heterocycles. The molecule has 0 fully saturated rings. The van der Waals surface area contributed by atoms with Crippen molar-refractivity contribution in [2.45, 2.75) is 50.9 Å². The number of hydrogen-bond donors (Lipinski definition) is 0. The van der Waals surface area contributed by atoms with Crippen molar-refractivity contribution in [2.24, 2.45) is 0 Å². The van der Waals surface area contributed by atoms with E-state index in [4.69, 9.17) is 11.6 Å². The topological polar surface area (TPSA) is 20.3 Å². The summed E-state index contributed by atoms with van der Waals surface area (Å²) in [5.74, 6) is 0.00856. The van der Waals surface area contributed by atoms with Crippen LogP contribution in [0.3, 0.4) is 0 Å². The Morgan fingerprint density at radius 3 is 2.26 bits per heavy atom. The van der Waals surface area contributed by atoms with Crippen LogP contribution in [0.2, 0.25) is 0 Å². The molecule has 0 N–H and O–H groups in total. The van der Waals surface area contributed by atoms with Crippen LogP contribution in [-0.2, 0) is 15.7 Å². The van der Waals surface area contributed by atoms with E-state index in [0.29, 0.717) is 6.54 Å². The van der Waals surface area contributed by atoms with E-state index >= 15 is 0 Å². The van der Waals surface area contributed by atoms with Crippen LogP contribution >= 0.6 is 11.6 Å². The van der Waals surface area contributed by atoms with E-state index < -0.39 is 5.38 Å². The number of hydrogen-bond acceptors (Lipinski definition) is 1. The molecule has 0 saturated heterocycles. The number of halogens is 1. The highest BCUT2D eigenvalue weighted by Gasteiger charge is 2.44. The zero-order valence-corrected chi connectivity index (χ0v) is 13.1. The fraction of sp³-hybridized carbons (Fsp3) is 0.562. The van der Waals surface area contributed by atoms with Gasteiger partial charge in [-0.25, -0.2) is 0 Å². The maximum absolute atomic E-state index is 12.4. The Kier molecular flexibility index (Phi) is 3.42. The van der Waals surface area contributed by atoms with Crippen molar-refractivity contribution in [3.63, 3.8) is 0 Å². The molecule has 3 heteroatoms. The SMILES string of the molecule is CC(Cl)C(=O)N1CC(C)(C)c2ccccc2C1(C)C. The fourth-order valence-corrected chi connectivity index (χ4v) is 3.12. The number of carbonyl (C=O) groups is 1. The van der Waals surface area contributed by atoms with Gasteiger partial charge in [-0.1, -0.05) is 38.1 Å². The minimum absolute atomic E-state index is 0.00856. The molecule has 1 heterocycles. The maximum Gasteiger partial charge on any atom is 0.241 e. The number of carbonyl (C=O) groups excluding carboxylic acids is 1. The van der Waals surface area contributed by atoms with Gasteiger partial charge < -0.3 is 4.90 Å². The number of fused-ring (bicyclic) bond motifs is 1. The third-order valence-corrected chi connectivity index (χ3v) is 4.34. The second-order valence-electron chi connectivity index (χ2n) is 6.53. The van der Waals surface area contributed by atoms with Crippen LogP contribution in [0.4, 0.5) is 0 Å². The molecular formula is C16H22ClNO. The third-order valence-electron chi connectivity index (χ3n) is 4.15. The summed E-state index contributed by atoms with van der Waals surface area (Å²) < 4.78 is 0. The molecule has 0 radical (unpaired) electrons. The van der Waals surface area contributed by atoms with Gasteiger partial charge in [0.2, 0.25) is 5.91 Å². The highest BCUT2D eigenvalue weighted by molar-refractivity contribution is 6.30. The summed E-state index contributed by atoms with van der Waals surface area (Å²) in [6, 6.07) is 8.39. The molecule has 0 aliphatic carbocycles. The Hall–Kier alpha value is -1.02. The quantitative estimate of drug-likeness (QED) is 0.718. The van der Waals surface area contributed by atoms with E-state index in [0.717, 1.165) is 0 Å². The molecule has 1 unspecified atom stereocenters. The van der Waals surface area contributed by atoms with Gasteiger partial charge >= 0.3 is 0 Å². The summed E-state index contributed by atoms with van der Waals surface area (Å²) in [4.78, 5) is 14.3. The lowest BCUT2D eigenvalue weighted by atomic mass is 9.71. The number of alkyl halides is 1. The predicted octanol–water partition coefficient (Wildman–Crippen LogP) is 3.67. The van der Waals surface area contributed by atoms with E-state index in [1.807, 2.05) is 11.0 Å². The second-order valence-corrected chi connectivity index (χ2v) is 7.18. The smallest absolute Gasteiger partial charge is 0.241 e. The Morgan fingerprint density at radius 1 is 1.21 bits per heavy atom. The molecule has 1 aromatic rings. The molecule has 104 valence electrons. The first-order valence-corrected chi connectivity index (χ1v) is 7.17. The van der Waals surface area contributed by atoms with Crippen molar-refractivity contribution >= 4 is 17.5 Å². The monoisotopic (exact) mass is 279 g/mol. The minimum Gasteiger partial charge on any atom is -0.331 e. The molecule has 19 heavy (non-hydrogen) atoms. The highest BCUT2D eigenvalue weighted by atomic mass is 35.5. The summed E-state index contributed by atoms with van der Waals surface area (Å²) in [6.45, 7) is 11.0. The minimum atomic E-state index is -0.486. The normalized spacial score (nSPS) is 21.7. The van der Waals surface area contributed by atoms with Gasteiger partial charge in [0.1, 0.15) is 5.38 Å². The van der Waals surface area contributed by atoms with Crippen LogP contribution in [0.25, 0.3) is 0 Å². The third kappa shape index (κ3) is 2.27. The molecule has 1 aromatic carbocycles. The molecule has 0 aromatic heterocycles. The van der Waals surface area contributed by atoms with Gasteiger partial charge in [-0.2, -0.15) is 0 Å². The highest BCUT2D eigenvalue weighted by Crippen LogP contribution is 2.43. The Bertz CT molecular complexity index is 505. The van der Waals surface area contributed by atoms with Crippen molar-refractivity contribution in [3.8, 4) is 0 Å². The average Bonchev–Trinajstić information content (AvgIpc) is 2.33. The molecule has 1 aliphatic rings. The zero-order valence-electron chi connectivity index (χ0n) is 12.3. The van der Waals surface area contributed by atoms with Gasteiger partial charge in [0.05, 0.1) is 5.54 Å². The standard InChI is InChI=1S/C16H22ClNO/c1-11(17)14(19)18-10-15(2,3)12-8-6-7-9-13(12)16(18,4)5/h6-9,11H,10H2,1-5H3. The number of nitrogens with zero attached hydrogens (tertiary/aromatic N) is 1. The van der Waals surface area contributed by atoms with E-state index in [1.165, 1.54) is 11.1 Å². The van der Waals surface area contributed by atoms with Crippen LogP contribution in [0.1, 0.15) is 45.7 Å². The predicted molar refractivity (Wildman–Crippen MR) is 79.5 cm³/mol. The lowest BCUT2D eigenvalue weighted by Gasteiger charge is -2.50. The van der Waals surface area contributed by atoms with Crippen LogP contribution in [0, 0.1) is 0 Å². The van der Waals surface area contributed by atoms with Crippen molar-refractivity contribution < 1.29 is 4.79 Å². The summed E-state index contributed by atoms with van der Waals surface area (Å²) in [5.41, 5.74) is 2.18. The molecule has 1 atom stereocenters. The van der Waals surface area contributed by atoms with Crippen LogP contribution in [0.15, 0.2) is 24.3 Å². The van der Waals surface area contributed by atoms with Crippen LogP contribution in [-0.4, -0.2) is 22.7 Å². The summed E-state index contributed by atoms with van der Waals surface area (Å²) in [5, 5.41) is -0.486. The largest absolute Gasteiger partial charge is 0.331 e. The molecule has 0 spiro atoms. The molecule has 0 saturated carbocycles. The van der Waals surface area contributed by atoms with E-state index in [-0.39, 0.29) is 16.9 Å². The Balaban J connectivity index is 2.57. The summed E-state index contributed by atoms with van der Waals surface area (Å²) in [6.07, 6.45) is 0. The second kappa shape index (κ2) is 4.52. The fourth-order valence-electron chi connectivity index (χ4n) is 3.00. The van der Waals surface area contributed by atoms with Crippen molar-refractivity contribution in [1.29, 1.82) is 0 Å². The lowest BCUT2D eigenvalue weighted by molar-refractivity contribution is -0.138. The van der Waals surface area contributed by atoms with Gasteiger partial charge in [-0.05, 0) is 31.9 Å². The first-order valence-electron chi connectivity index (χ1n) is 6.73. The van der Waals surface area contributed by atoms with Gasteiger partial charge in [-0.3, -0.25) is 4.79 Å². The van der Waals surface area contributed by atoms with E-state index in [2.05, 4.69) is 45.9 Å². The first kappa shape index (κ1) is 14.4. The Labute approximate surface area is 120 Å². The molecule has 1 amide bonds. The number of benzene rings is 1. The van der Waals surface area contributed by atoms with Crippen LogP contribution < -0.4 is 0 Å². The molecule has 2 nitrogen and oxygen atoms in total. The molecular weight excluding hydrogens is 258 g/mol. The molecule has 2 rings (SSSR count). The summed E-state index contributed by atoms with van der Waals surface area (Å²) >= 11 is 6.02. The average molecular weight is 280 g/mol. The van der Waals surface area contributed by atoms with Crippen molar-refractivity contribution in [3.05, 3.63) is 35.4 Å². The molecule has 0 bridgehead atoms. The van der Waals surface area contributed by atoms with Gasteiger partial charge in [0, 0.05) is 12.0 Å². The van der Waals surface area contributed by atoms with Crippen LogP contribution in [0.5, 0.6) is 0 Å². The summed E-state index contributed by atoms with van der Waals surface area (Å²) in [7, 11) is 0. The van der Waals surface area contributed by atoms with E-state index in [1.54, 1.807) is 6.92 Å². The number of rotatable bonds is 1. The van der Waals surface area contributed by atoms with E-state index in [9.17, 15) is 4.79 Å². The first-order chi connectivity index (χ1) is 8.68. The number of amides is 1. The van der Waals surface area contributed by atoms with Gasteiger partial charge in [0.15, 0.2) is 0 Å². The van der Waals surface area contributed by atoms with Crippen molar-refractivity contribution in [2.75, 3.05) is 6.54 Å². The Morgan fingerprint density at radius 2 is 1.74 bits per heavy atom. The van der Waals surface area contributed by atoms with Crippen molar-refractivity contribution in [1.82, 2.24) is 4.90 Å². The lowest BCUT2D eigenvalue weighted by Crippen LogP contribution is -2.57. The van der Waals surface area contributed by atoms with Gasteiger partial charge in [-0.15, -0.1) is 11.6 Å². The van der Waals surface area contributed by atoms with Gasteiger partial charge in [0.25, 0.3) is 0 Å². The zero-order chi connectivity index (χ0) is 14.4. The maximum atomic E-state index is 12.4.